The summed E-state index contributed by atoms with van der Waals surface area (Å²) in [5.41, 5.74) is 3.51. The lowest BCUT2D eigenvalue weighted by atomic mass is 10.1. The molecule has 2 heterocycles. The normalized spacial score (nSPS) is 12.7. The van der Waals surface area contributed by atoms with Gasteiger partial charge < -0.3 is 5.32 Å². The van der Waals surface area contributed by atoms with Crippen LogP contribution in [0, 0.1) is 0 Å². The van der Waals surface area contributed by atoms with E-state index < -0.39 is 0 Å². The van der Waals surface area contributed by atoms with E-state index >= 15 is 0 Å². The van der Waals surface area contributed by atoms with Gasteiger partial charge in [-0.25, -0.2) is 0 Å². The third-order valence-electron chi connectivity index (χ3n) is 2.95. The molecule has 4 heteroatoms. The molecular weight excluding hydrogens is 242 g/mol. The molecule has 18 heavy (non-hydrogen) atoms. The third kappa shape index (κ3) is 2.08. The second-order valence-corrected chi connectivity index (χ2v) is 5.33. The number of nitrogens with one attached hydrogen (secondary N) is 1. The van der Waals surface area contributed by atoms with Gasteiger partial charge in [0.15, 0.2) is 0 Å². The molecule has 1 aliphatic rings. The predicted molar refractivity (Wildman–Crippen MR) is 75.8 cm³/mol. The van der Waals surface area contributed by atoms with Gasteiger partial charge in [0, 0.05) is 22.8 Å². The second-order valence-electron chi connectivity index (χ2n) is 4.32. The minimum atomic E-state index is 0.885. The zero-order valence-electron chi connectivity index (χ0n) is 10.3. The maximum absolute atomic E-state index is 4.39. The molecule has 1 aromatic carbocycles. The number of hydrogen-bond donors (Lipinski definition) is 1. The van der Waals surface area contributed by atoms with Crippen molar-refractivity contribution in [2.24, 2.45) is 0 Å². The summed E-state index contributed by atoms with van der Waals surface area (Å²) in [6, 6.07) is 10.5. The highest BCUT2D eigenvalue weighted by Crippen LogP contribution is 2.40. The van der Waals surface area contributed by atoms with Crippen molar-refractivity contribution in [3.63, 3.8) is 0 Å². The fraction of sp³-hybridized carbons (Fsp3) is 0.286. The maximum atomic E-state index is 4.39. The smallest absolute Gasteiger partial charge is 0.148 e. The Kier molecular flexibility index (Phi) is 3.19. The minimum Gasteiger partial charge on any atom is -0.369 e. The van der Waals surface area contributed by atoms with Gasteiger partial charge in [-0.3, -0.25) is 0 Å². The first-order chi connectivity index (χ1) is 8.88. The number of anilines is 1. The topological polar surface area (TPSA) is 37.8 Å². The van der Waals surface area contributed by atoms with E-state index in [4.69, 9.17) is 0 Å². The highest BCUT2D eigenvalue weighted by Gasteiger charge is 2.18. The van der Waals surface area contributed by atoms with Crippen LogP contribution < -0.4 is 5.32 Å². The van der Waals surface area contributed by atoms with Gasteiger partial charge in [0.1, 0.15) is 5.82 Å². The van der Waals surface area contributed by atoms with Crippen molar-refractivity contribution < 1.29 is 0 Å². The molecule has 0 saturated heterocycles. The van der Waals surface area contributed by atoms with Crippen LogP contribution in [0.3, 0.4) is 0 Å². The van der Waals surface area contributed by atoms with E-state index in [1.807, 2.05) is 11.8 Å². The molecule has 0 spiro atoms. The van der Waals surface area contributed by atoms with Crippen molar-refractivity contribution in [1.82, 2.24) is 10.2 Å². The summed E-state index contributed by atoms with van der Waals surface area (Å²) >= 11 is 1.87. The highest BCUT2D eigenvalue weighted by atomic mass is 32.2. The van der Waals surface area contributed by atoms with Crippen LogP contribution in [0.15, 0.2) is 35.2 Å². The Morgan fingerprint density at radius 1 is 1.28 bits per heavy atom. The van der Waals surface area contributed by atoms with Gasteiger partial charge in [0.25, 0.3) is 0 Å². The summed E-state index contributed by atoms with van der Waals surface area (Å²) < 4.78 is 0. The lowest BCUT2D eigenvalue weighted by molar-refractivity contribution is 0.938. The summed E-state index contributed by atoms with van der Waals surface area (Å²) in [5.74, 6) is 1.86. The number of thioether (sulfide) groups is 1. The average Bonchev–Trinajstić information content (AvgIpc) is 2.44. The predicted octanol–water partition coefficient (Wildman–Crippen LogP) is 3.57. The second kappa shape index (κ2) is 4.98. The molecule has 0 unspecified atom stereocenters. The SMILES string of the molecule is CCCNc1cc2c(nn1)-c1ccccc1SC2. The molecule has 92 valence electrons. The van der Waals surface area contributed by atoms with Crippen LogP contribution in [0.1, 0.15) is 18.9 Å². The molecular formula is C14H15N3S. The van der Waals surface area contributed by atoms with E-state index in [1.165, 1.54) is 16.0 Å². The van der Waals surface area contributed by atoms with E-state index in [9.17, 15) is 0 Å². The summed E-state index contributed by atoms with van der Waals surface area (Å²) in [7, 11) is 0. The Morgan fingerprint density at radius 2 is 2.17 bits per heavy atom. The molecule has 0 aliphatic carbocycles. The first-order valence-electron chi connectivity index (χ1n) is 6.21. The number of rotatable bonds is 3. The number of benzene rings is 1. The maximum Gasteiger partial charge on any atom is 0.148 e. The zero-order valence-corrected chi connectivity index (χ0v) is 11.1. The number of hydrogen-bond acceptors (Lipinski definition) is 4. The summed E-state index contributed by atoms with van der Waals surface area (Å²) in [6.45, 7) is 3.09. The van der Waals surface area contributed by atoms with Crippen molar-refractivity contribution in [2.75, 3.05) is 11.9 Å². The van der Waals surface area contributed by atoms with E-state index in [0.717, 1.165) is 30.2 Å². The van der Waals surface area contributed by atoms with Gasteiger partial charge in [-0.1, -0.05) is 25.1 Å². The van der Waals surface area contributed by atoms with Crippen molar-refractivity contribution >= 4 is 17.6 Å². The quantitative estimate of drug-likeness (QED) is 0.912. The molecule has 1 N–H and O–H groups in total. The molecule has 0 fully saturated rings. The van der Waals surface area contributed by atoms with Crippen LogP contribution in [0.25, 0.3) is 11.3 Å². The number of aromatic nitrogens is 2. The summed E-state index contributed by atoms with van der Waals surface area (Å²) in [6.07, 6.45) is 1.09. The Morgan fingerprint density at radius 3 is 3.06 bits per heavy atom. The van der Waals surface area contributed by atoms with Crippen molar-refractivity contribution in [1.29, 1.82) is 0 Å². The van der Waals surface area contributed by atoms with Crippen molar-refractivity contribution in [3.8, 4) is 11.3 Å². The standard InChI is InChI=1S/C14H15N3S/c1-2-7-15-13-8-10-9-18-12-6-4-3-5-11(12)14(10)17-16-13/h3-6,8H,2,7,9H2,1H3,(H,15,16). The molecule has 0 radical (unpaired) electrons. The fourth-order valence-corrected chi connectivity index (χ4v) is 3.08. The van der Waals surface area contributed by atoms with Crippen LogP contribution in [-0.2, 0) is 5.75 Å². The molecule has 1 aromatic heterocycles. The molecule has 2 aromatic rings. The molecule has 3 rings (SSSR count). The summed E-state index contributed by atoms with van der Waals surface area (Å²) in [5, 5.41) is 11.9. The molecule has 1 aliphatic heterocycles. The van der Waals surface area contributed by atoms with Gasteiger partial charge in [0.05, 0.1) is 5.69 Å². The van der Waals surface area contributed by atoms with Crippen LogP contribution in [0.4, 0.5) is 5.82 Å². The van der Waals surface area contributed by atoms with Crippen molar-refractivity contribution in [3.05, 3.63) is 35.9 Å². The van der Waals surface area contributed by atoms with Gasteiger partial charge >= 0.3 is 0 Å². The molecule has 3 nitrogen and oxygen atoms in total. The monoisotopic (exact) mass is 257 g/mol. The first-order valence-corrected chi connectivity index (χ1v) is 7.19. The van der Waals surface area contributed by atoms with Crippen LogP contribution in [-0.4, -0.2) is 16.7 Å². The highest BCUT2D eigenvalue weighted by molar-refractivity contribution is 7.98. The lowest BCUT2D eigenvalue weighted by Crippen LogP contribution is -2.07. The van der Waals surface area contributed by atoms with E-state index in [2.05, 4.69) is 52.8 Å². The summed E-state index contributed by atoms with van der Waals surface area (Å²) in [4.78, 5) is 1.30. The van der Waals surface area contributed by atoms with Gasteiger partial charge in [-0.15, -0.1) is 22.0 Å². The minimum absolute atomic E-state index is 0.885. The molecule has 0 bridgehead atoms. The van der Waals surface area contributed by atoms with Crippen LogP contribution >= 0.6 is 11.8 Å². The lowest BCUT2D eigenvalue weighted by Gasteiger charge is -2.18. The molecule has 0 saturated carbocycles. The number of nitrogens with zero attached hydrogens (tertiary/aromatic N) is 2. The Labute approximate surface area is 111 Å². The Balaban J connectivity index is 1.98. The Bertz CT molecular complexity index is 569. The molecule has 0 atom stereocenters. The van der Waals surface area contributed by atoms with E-state index in [1.54, 1.807) is 0 Å². The zero-order chi connectivity index (χ0) is 12.4. The van der Waals surface area contributed by atoms with Crippen LogP contribution in [0.2, 0.25) is 0 Å². The van der Waals surface area contributed by atoms with E-state index in [-0.39, 0.29) is 0 Å². The number of fused-ring (bicyclic) bond motifs is 3. The molecule has 0 amide bonds. The van der Waals surface area contributed by atoms with Crippen molar-refractivity contribution in [2.45, 2.75) is 24.0 Å². The van der Waals surface area contributed by atoms with E-state index in [0.29, 0.717) is 0 Å². The Hall–Kier alpha value is -1.55. The average molecular weight is 257 g/mol. The van der Waals surface area contributed by atoms with Gasteiger partial charge in [-0.05, 0) is 24.1 Å². The van der Waals surface area contributed by atoms with Gasteiger partial charge in [0.2, 0.25) is 0 Å². The largest absolute Gasteiger partial charge is 0.369 e. The fourth-order valence-electron chi connectivity index (χ4n) is 2.05. The third-order valence-corrected chi connectivity index (χ3v) is 4.08. The first kappa shape index (κ1) is 11.5. The van der Waals surface area contributed by atoms with Gasteiger partial charge in [-0.2, -0.15) is 0 Å². The van der Waals surface area contributed by atoms with Crippen LogP contribution in [0.5, 0.6) is 0 Å².